The van der Waals surface area contributed by atoms with E-state index < -0.39 is 28.2 Å². The topological polar surface area (TPSA) is 146 Å². The Kier molecular flexibility index (Phi) is 5.73. The van der Waals surface area contributed by atoms with Crippen LogP contribution in [0.5, 0.6) is 0 Å². The Balaban J connectivity index is 1.78. The summed E-state index contributed by atoms with van der Waals surface area (Å²) < 4.78 is 23.8. The first-order valence-electron chi connectivity index (χ1n) is 8.49. The maximum absolute atomic E-state index is 11.9. The van der Waals surface area contributed by atoms with Crippen LogP contribution < -0.4 is 11.2 Å². The van der Waals surface area contributed by atoms with Crippen molar-refractivity contribution >= 4 is 33.6 Å². The SMILES string of the molecule is CC(CCn1cc(-c2ccc3cnc(N)cc3c2)cn1)(CS(=O)[O-])C(=O)NO. The highest BCUT2D eigenvalue weighted by Gasteiger charge is 2.33. The monoisotopic (exact) mass is 402 g/mol. The first-order valence-corrected chi connectivity index (χ1v) is 9.74. The molecule has 0 aliphatic heterocycles. The molecule has 2 unspecified atom stereocenters. The van der Waals surface area contributed by atoms with Gasteiger partial charge in [0.1, 0.15) is 5.82 Å². The van der Waals surface area contributed by atoms with E-state index in [1.165, 1.54) is 6.92 Å². The maximum Gasteiger partial charge on any atom is 0.250 e. The van der Waals surface area contributed by atoms with Crippen molar-refractivity contribution in [3.8, 4) is 11.1 Å². The highest BCUT2D eigenvalue weighted by molar-refractivity contribution is 7.79. The molecule has 4 N–H and O–H groups in total. The molecule has 1 amide bonds. The molecule has 3 rings (SSSR count). The van der Waals surface area contributed by atoms with E-state index >= 15 is 0 Å². The number of aromatic nitrogens is 3. The summed E-state index contributed by atoms with van der Waals surface area (Å²) in [7, 11) is 0. The average molecular weight is 402 g/mol. The van der Waals surface area contributed by atoms with Gasteiger partial charge in [-0.25, -0.2) is 10.5 Å². The third-order valence-electron chi connectivity index (χ3n) is 4.69. The molecular weight excluding hydrogens is 382 g/mol. The average Bonchev–Trinajstić information content (AvgIpc) is 3.13. The Morgan fingerprint density at radius 2 is 2.11 bits per heavy atom. The molecule has 0 saturated carbocycles. The molecule has 3 aromatic rings. The second-order valence-electron chi connectivity index (χ2n) is 6.86. The first-order chi connectivity index (χ1) is 13.3. The van der Waals surface area contributed by atoms with Gasteiger partial charge < -0.3 is 10.3 Å². The van der Waals surface area contributed by atoms with Gasteiger partial charge in [-0.2, -0.15) is 5.10 Å². The van der Waals surface area contributed by atoms with Gasteiger partial charge >= 0.3 is 0 Å². The summed E-state index contributed by atoms with van der Waals surface area (Å²) in [5, 5.41) is 15.1. The molecule has 0 saturated heterocycles. The number of nitrogen functional groups attached to an aromatic ring is 1. The van der Waals surface area contributed by atoms with Crippen LogP contribution in [0.4, 0.5) is 5.82 Å². The Labute approximate surface area is 163 Å². The predicted molar refractivity (Wildman–Crippen MR) is 104 cm³/mol. The van der Waals surface area contributed by atoms with Crippen LogP contribution in [-0.2, 0) is 22.4 Å². The van der Waals surface area contributed by atoms with Gasteiger partial charge in [-0.05, 0) is 36.4 Å². The van der Waals surface area contributed by atoms with Crippen LogP contribution in [0.15, 0.2) is 42.9 Å². The Hall–Kier alpha value is -2.82. The summed E-state index contributed by atoms with van der Waals surface area (Å²) in [4.78, 5) is 16.0. The Morgan fingerprint density at radius 3 is 2.82 bits per heavy atom. The van der Waals surface area contributed by atoms with Gasteiger partial charge in [-0.15, -0.1) is 0 Å². The number of anilines is 1. The number of hydrogen-bond donors (Lipinski definition) is 3. The van der Waals surface area contributed by atoms with Crippen LogP contribution >= 0.6 is 0 Å². The van der Waals surface area contributed by atoms with E-state index in [9.17, 15) is 13.6 Å². The molecular formula is C18H20N5O4S-. The fourth-order valence-electron chi connectivity index (χ4n) is 2.98. The summed E-state index contributed by atoms with van der Waals surface area (Å²) >= 11 is -2.42. The zero-order valence-electron chi connectivity index (χ0n) is 15.2. The summed E-state index contributed by atoms with van der Waals surface area (Å²) in [6.45, 7) is 1.80. The third kappa shape index (κ3) is 4.35. The molecule has 2 atom stereocenters. The summed E-state index contributed by atoms with van der Waals surface area (Å²) in [5.41, 5.74) is 7.84. The van der Waals surface area contributed by atoms with Gasteiger partial charge in [-0.3, -0.25) is 18.9 Å². The molecule has 0 bridgehead atoms. The molecule has 10 heteroatoms. The van der Waals surface area contributed by atoms with Crippen LogP contribution in [0.25, 0.3) is 21.9 Å². The minimum absolute atomic E-state index is 0.189. The molecule has 0 spiro atoms. The van der Waals surface area contributed by atoms with Crippen molar-refractivity contribution in [2.45, 2.75) is 19.9 Å². The van der Waals surface area contributed by atoms with Crippen molar-refractivity contribution in [2.24, 2.45) is 5.41 Å². The minimum Gasteiger partial charge on any atom is -0.772 e. The van der Waals surface area contributed by atoms with E-state index in [0.717, 1.165) is 21.9 Å². The van der Waals surface area contributed by atoms with E-state index in [2.05, 4.69) is 10.1 Å². The molecule has 0 fully saturated rings. The van der Waals surface area contributed by atoms with Gasteiger partial charge in [0.25, 0.3) is 0 Å². The number of nitrogens with one attached hydrogen (secondary N) is 1. The van der Waals surface area contributed by atoms with Crippen molar-refractivity contribution in [1.29, 1.82) is 0 Å². The number of pyridine rings is 1. The number of fused-ring (bicyclic) bond motifs is 1. The van der Waals surface area contributed by atoms with Crippen LogP contribution in [0.3, 0.4) is 0 Å². The quantitative estimate of drug-likeness (QED) is 0.308. The van der Waals surface area contributed by atoms with Crippen LogP contribution in [0.2, 0.25) is 0 Å². The normalized spacial score (nSPS) is 14.5. The zero-order valence-corrected chi connectivity index (χ0v) is 16.0. The summed E-state index contributed by atoms with van der Waals surface area (Å²) in [6.07, 6.45) is 5.41. The van der Waals surface area contributed by atoms with Gasteiger partial charge in [-0.1, -0.05) is 23.2 Å². The van der Waals surface area contributed by atoms with Crippen LogP contribution in [0, 0.1) is 5.41 Å². The van der Waals surface area contributed by atoms with Crippen molar-refractivity contribution in [3.63, 3.8) is 0 Å². The van der Waals surface area contributed by atoms with E-state index in [0.29, 0.717) is 12.4 Å². The third-order valence-corrected chi connectivity index (χ3v) is 5.56. The van der Waals surface area contributed by atoms with Gasteiger partial charge in [0, 0.05) is 35.6 Å². The lowest BCUT2D eigenvalue weighted by Gasteiger charge is -2.27. The summed E-state index contributed by atoms with van der Waals surface area (Å²) in [6, 6.07) is 7.68. The lowest BCUT2D eigenvalue weighted by molar-refractivity contribution is -0.138. The van der Waals surface area contributed by atoms with Gasteiger partial charge in [0.15, 0.2) is 0 Å². The Morgan fingerprint density at radius 1 is 1.32 bits per heavy atom. The van der Waals surface area contributed by atoms with Crippen molar-refractivity contribution in [1.82, 2.24) is 20.2 Å². The number of nitrogens with two attached hydrogens (primary N) is 1. The number of carbonyl (C=O) groups excluding carboxylic acids is 1. The predicted octanol–water partition coefficient (Wildman–Crippen LogP) is 1.46. The molecule has 1 aromatic carbocycles. The van der Waals surface area contributed by atoms with E-state index in [1.54, 1.807) is 28.6 Å². The highest BCUT2D eigenvalue weighted by Crippen LogP contribution is 2.26. The van der Waals surface area contributed by atoms with Crippen LogP contribution in [-0.4, -0.2) is 40.4 Å². The number of amides is 1. The number of benzene rings is 1. The summed E-state index contributed by atoms with van der Waals surface area (Å²) in [5.74, 6) is -0.699. The Bertz CT molecular complexity index is 1040. The van der Waals surface area contributed by atoms with Gasteiger partial charge in [0.05, 0.1) is 11.6 Å². The minimum atomic E-state index is -2.42. The number of nitrogens with zero attached hydrogens (tertiary/aromatic N) is 3. The van der Waals surface area contributed by atoms with E-state index in [4.69, 9.17) is 10.9 Å². The maximum atomic E-state index is 11.9. The van der Waals surface area contributed by atoms with E-state index in [-0.39, 0.29) is 6.42 Å². The number of rotatable bonds is 7. The molecule has 9 nitrogen and oxygen atoms in total. The molecule has 148 valence electrons. The molecule has 2 aromatic heterocycles. The fraction of sp³-hybridized carbons (Fsp3) is 0.278. The standard InChI is InChI=1S/C18H21N5O4S/c1-18(11-28(26)27,17(24)22-25)4-5-23-10-15(9-21-23)12-2-3-13-8-20-16(19)7-14(13)6-12/h2-3,6-10,25H,4-5,11H2,1H3,(H2,19,20)(H,22,24)(H,26,27)/p-1. The highest BCUT2D eigenvalue weighted by atomic mass is 32.2. The molecule has 28 heavy (non-hydrogen) atoms. The van der Waals surface area contributed by atoms with Crippen molar-refractivity contribution in [3.05, 3.63) is 42.9 Å². The van der Waals surface area contributed by atoms with E-state index in [1.807, 2.05) is 24.4 Å². The zero-order chi connectivity index (χ0) is 20.3. The fourth-order valence-corrected chi connectivity index (χ4v) is 3.78. The smallest absolute Gasteiger partial charge is 0.250 e. The van der Waals surface area contributed by atoms with Crippen molar-refractivity contribution < 1.29 is 18.8 Å². The second-order valence-corrected chi connectivity index (χ2v) is 7.76. The number of carbonyl (C=O) groups is 1. The molecule has 0 radical (unpaired) electrons. The molecule has 0 aliphatic carbocycles. The lowest BCUT2D eigenvalue weighted by atomic mass is 9.88. The number of aryl methyl sites for hydroxylation is 1. The largest absolute Gasteiger partial charge is 0.772 e. The number of hydrogen-bond acceptors (Lipinski definition) is 7. The lowest BCUT2D eigenvalue weighted by Crippen LogP contribution is -2.42. The second kappa shape index (κ2) is 8.05. The van der Waals surface area contributed by atoms with Crippen LogP contribution in [0.1, 0.15) is 13.3 Å². The molecule has 2 heterocycles. The number of hydroxylamine groups is 1. The van der Waals surface area contributed by atoms with Gasteiger partial charge in [0.2, 0.25) is 5.91 Å². The first kappa shape index (κ1) is 19.9. The molecule has 0 aliphatic rings. The van der Waals surface area contributed by atoms with Crippen molar-refractivity contribution in [2.75, 3.05) is 11.5 Å².